The van der Waals surface area contributed by atoms with Gasteiger partial charge < -0.3 is 10.0 Å². The average molecular weight is 317 g/mol. The first-order valence-electron chi connectivity index (χ1n) is 9.42. The molecule has 3 fully saturated rings. The molecule has 1 N–H and O–H groups in total. The van der Waals surface area contributed by atoms with Crippen LogP contribution in [0, 0.1) is 28.6 Å². The molecule has 3 nitrogen and oxygen atoms in total. The van der Waals surface area contributed by atoms with Gasteiger partial charge in [-0.05, 0) is 62.2 Å². The van der Waals surface area contributed by atoms with E-state index >= 15 is 0 Å². The summed E-state index contributed by atoms with van der Waals surface area (Å²) in [6, 6.07) is 0.458. The summed E-state index contributed by atoms with van der Waals surface area (Å²) in [5, 5.41) is 10.3. The number of aliphatic hydroxyl groups is 1. The quantitative estimate of drug-likeness (QED) is 0.744. The van der Waals surface area contributed by atoms with Crippen molar-refractivity contribution >= 4 is 5.78 Å². The molecule has 4 aliphatic rings. The van der Waals surface area contributed by atoms with Gasteiger partial charge in [-0.2, -0.15) is 0 Å². The molecule has 0 radical (unpaired) electrons. The second-order valence-electron chi connectivity index (χ2n) is 9.34. The SMILES string of the molecule is C[C@@H]1[C@H]2[C@@H]3C[C@H](O)C[C@@]3(C)CC[C@@H]2[C@@]2(C)CCC(=O)C=C2N1C. The van der Waals surface area contributed by atoms with Crippen molar-refractivity contribution in [3.05, 3.63) is 11.8 Å². The summed E-state index contributed by atoms with van der Waals surface area (Å²) in [6.07, 6.45) is 7.98. The van der Waals surface area contributed by atoms with Crippen molar-refractivity contribution in [2.24, 2.45) is 28.6 Å². The summed E-state index contributed by atoms with van der Waals surface area (Å²) in [5.74, 6) is 2.24. The fourth-order valence-corrected chi connectivity index (χ4v) is 6.89. The largest absolute Gasteiger partial charge is 0.393 e. The van der Waals surface area contributed by atoms with Crippen LogP contribution in [0.4, 0.5) is 0 Å². The maximum atomic E-state index is 12.0. The molecule has 23 heavy (non-hydrogen) atoms. The van der Waals surface area contributed by atoms with Gasteiger partial charge in [-0.1, -0.05) is 13.8 Å². The van der Waals surface area contributed by atoms with Crippen molar-refractivity contribution in [2.45, 2.75) is 71.4 Å². The molecule has 7 atom stereocenters. The molecular formula is C20H31NO2. The van der Waals surface area contributed by atoms with Gasteiger partial charge >= 0.3 is 0 Å². The van der Waals surface area contributed by atoms with Crippen LogP contribution >= 0.6 is 0 Å². The minimum atomic E-state index is -0.112. The predicted molar refractivity (Wildman–Crippen MR) is 90.7 cm³/mol. The molecule has 128 valence electrons. The molecule has 0 spiro atoms. The fourth-order valence-electron chi connectivity index (χ4n) is 6.89. The van der Waals surface area contributed by atoms with E-state index in [4.69, 9.17) is 0 Å². The molecule has 0 unspecified atom stereocenters. The standard InChI is InChI=1S/C20H31NO2/c1-12-18-15(6-7-19(2)11-14(23)9-16(18)19)20(3)8-5-13(22)10-17(20)21(12)4/h10,12,14-16,18,23H,5-9,11H2,1-4H3/t12-,14+,15+,16+,18-,19-,20-/m1/s1. The number of ketones is 1. The van der Waals surface area contributed by atoms with Gasteiger partial charge in [0.25, 0.3) is 0 Å². The summed E-state index contributed by atoms with van der Waals surface area (Å²) < 4.78 is 0. The van der Waals surface area contributed by atoms with Crippen molar-refractivity contribution in [2.75, 3.05) is 7.05 Å². The molecule has 3 aliphatic carbocycles. The van der Waals surface area contributed by atoms with E-state index in [0.717, 1.165) is 19.3 Å². The van der Waals surface area contributed by atoms with E-state index in [0.29, 0.717) is 41.4 Å². The second kappa shape index (κ2) is 4.84. The Morgan fingerprint density at radius 1 is 1.26 bits per heavy atom. The second-order valence-corrected chi connectivity index (χ2v) is 9.34. The van der Waals surface area contributed by atoms with E-state index in [-0.39, 0.29) is 11.5 Å². The first kappa shape index (κ1) is 15.7. The zero-order valence-corrected chi connectivity index (χ0v) is 15.0. The van der Waals surface area contributed by atoms with Gasteiger partial charge in [0.2, 0.25) is 0 Å². The normalized spacial score (nSPS) is 52.6. The zero-order chi connectivity index (χ0) is 16.6. The molecule has 0 bridgehead atoms. The number of aliphatic hydroxyl groups excluding tert-OH is 1. The van der Waals surface area contributed by atoms with Crippen molar-refractivity contribution in [3.63, 3.8) is 0 Å². The Morgan fingerprint density at radius 2 is 2.00 bits per heavy atom. The number of rotatable bonds is 0. The van der Waals surface area contributed by atoms with Crippen LogP contribution in [0.3, 0.4) is 0 Å². The highest BCUT2D eigenvalue weighted by Crippen LogP contribution is 2.65. The molecule has 0 aromatic heterocycles. The van der Waals surface area contributed by atoms with E-state index in [9.17, 15) is 9.90 Å². The number of carbonyl (C=O) groups excluding carboxylic acids is 1. The lowest BCUT2D eigenvalue weighted by molar-refractivity contribution is -0.121. The van der Waals surface area contributed by atoms with Crippen molar-refractivity contribution in [1.29, 1.82) is 0 Å². The summed E-state index contributed by atoms with van der Waals surface area (Å²) >= 11 is 0. The third-order valence-electron chi connectivity index (χ3n) is 8.22. The third kappa shape index (κ3) is 2.01. The molecule has 0 aromatic rings. The summed E-state index contributed by atoms with van der Waals surface area (Å²) in [5.41, 5.74) is 1.75. The van der Waals surface area contributed by atoms with E-state index in [2.05, 4.69) is 32.7 Å². The van der Waals surface area contributed by atoms with Gasteiger partial charge in [-0.15, -0.1) is 0 Å². The predicted octanol–water partition coefficient (Wildman–Crippen LogP) is 3.38. The highest BCUT2D eigenvalue weighted by Gasteiger charge is 2.60. The molecule has 1 saturated heterocycles. The minimum Gasteiger partial charge on any atom is -0.393 e. The van der Waals surface area contributed by atoms with Crippen LogP contribution in [-0.2, 0) is 4.79 Å². The molecule has 2 saturated carbocycles. The number of piperidine rings is 1. The topological polar surface area (TPSA) is 40.5 Å². The number of hydrogen-bond donors (Lipinski definition) is 1. The summed E-state index contributed by atoms with van der Waals surface area (Å²) in [7, 11) is 2.18. The van der Waals surface area contributed by atoms with Crippen molar-refractivity contribution < 1.29 is 9.90 Å². The Kier molecular flexibility index (Phi) is 3.30. The van der Waals surface area contributed by atoms with E-state index < -0.39 is 0 Å². The van der Waals surface area contributed by atoms with Crippen molar-refractivity contribution in [1.82, 2.24) is 4.90 Å². The number of hydrogen-bond acceptors (Lipinski definition) is 3. The monoisotopic (exact) mass is 317 g/mol. The van der Waals surface area contributed by atoms with Crippen LogP contribution in [0.1, 0.15) is 59.3 Å². The van der Waals surface area contributed by atoms with Crippen molar-refractivity contribution in [3.8, 4) is 0 Å². The molecule has 3 heteroatoms. The lowest BCUT2D eigenvalue weighted by Gasteiger charge is -2.62. The van der Waals surface area contributed by atoms with Gasteiger partial charge in [0.05, 0.1) is 6.10 Å². The smallest absolute Gasteiger partial charge is 0.157 e. The highest BCUT2D eigenvalue weighted by atomic mass is 16.3. The number of carbonyl (C=O) groups is 1. The van der Waals surface area contributed by atoms with E-state index in [1.54, 1.807) is 0 Å². The number of fused-ring (bicyclic) bond motifs is 5. The van der Waals surface area contributed by atoms with Crippen LogP contribution in [-0.4, -0.2) is 35.0 Å². The van der Waals surface area contributed by atoms with Gasteiger partial charge in [0, 0.05) is 36.7 Å². The number of nitrogens with zero attached hydrogens (tertiary/aromatic N) is 1. The maximum Gasteiger partial charge on any atom is 0.157 e. The Hall–Kier alpha value is -0.830. The summed E-state index contributed by atoms with van der Waals surface area (Å²) in [6.45, 7) is 7.15. The van der Waals surface area contributed by atoms with Crippen LogP contribution < -0.4 is 0 Å². The average Bonchev–Trinajstić information content (AvgIpc) is 2.80. The van der Waals surface area contributed by atoms with Gasteiger partial charge in [-0.25, -0.2) is 0 Å². The molecule has 0 aromatic carbocycles. The minimum absolute atomic E-state index is 0.112. The number of allylic oxidation sites excluding steroid dienone is 2. The first-order valence-corrected chi connectivity index (χ1v) is 9.42. The first-order chi connectivity index (χ1) is 10.8. The number of likely N-dealkylation sites (tertiary alicyclic amines) is 1. The molecular weight excluding hydrogens is 286 g/mol. The fraction of sp³-hybridized carbons (Fsp3) is 0.850. The lowest BCUT2D eigenvalue weighted by atomic mass is 9.49. The molecule has 0 amide bonds. The van der Waals surface area contributed by atoms with Crippen LogP contribution in [0.2, 0.25) is 0 Å². The van der Waals surface area contributed by atoms with Gasteiger partial charge in [0.15, 0.2) is 5.78 Å². The van der Waals surface area contributed by atoms with Crippen LogP contribution in [0.15, 0.2) is 11.8 Å². The Bertz CT molecular complexity index is 570. The molecule has 4 rings (SSSR count). The zero-order valence-electron chi connectivity index (χ0n) is 15.0. The summed E-state index contributed by atoms with van der Waals surface area (Å²) in [4.78, 5) is 14.4. The van der Waals surface area contributed by atoms with Gasteiger partial charge in [-0.3, -0.25) is 4.79 Å². The van der Waals surface area contributed by atoms with Crippen LogP contribution in [0.25, 0.3) is 0 Å². The lowest BCUT2D eigenvalue weighted by Crippen LogP contribution is -2.60. The van der Waals surface area contributed by atoms with E-state index in [1.807, 2.05) is 6.08 Å². The third-order valence-corrected chi connectivity index (χ3v) is 8.22. The van der Waals surface area contributed by atoms with Gasteiger partial charge in [0.1, 0.15) is 0 Å². The van der Waals surface area contributed by atoms with Crippen LogP contribution in [0.5, 0.6) is 0 Å². The Labute approximate surface area is 140 Å². The Balaban J connectivity index is 1.78. The van der Waals surface area contributed by atoms with E-state index in [1.165, 1.54) is 18.5 Å². The Morgan fingerprint density at radius 3 is 2.74 bits per heavy atom. The highest BCUT2D eigenvalue weighted by molar-refractivity contribution is 5.91. The molecule has 1 heterocycles. The molecule has 1 aliphatic heterocycles. The maximum absolute atomic E-state index is 12.0.